The van der Waals surface area contributed by atoms with Gasteiger partial charge in [-0.2, -0.15) is 0 Å². The minimum Gasteiger partial charge on any atom is -0.495 e. The molecule has 0 N–H and O–H groups in total. The number of hydrogen-bond acceptors (Lipinski definition) is 3. The van der Waals surface area contributed by atoms with Crippen LogP contribution in [0.2, 0.25) is 0 Å². The van der Waals surface area contributed by atoms with Crippen molar-refractivity contribution in [1.82, 2.24) is 0 Å². The van der Waals surface area contributed by atoms with E-state index in [1.807, 2.05) is 39.0 Å². The van der Waals surface area contributed by atoms with E-state index >= 15 is 0 Å². The Morgan fingerprint density at radius 1 is 1.35 bits per heavy atom. The highest BCUT2D eigenvalue weighted by Crippen LogP contribution is 2.29. The number of Topliss-reactive ketones (excluding diaryl/α,β-unsaturated/α-hetero) is 1. The Morgan fingerprint density at radius 2 is 2.10 bits per heavy atom. The summed E-state index contributed by atoms with van der Waals surface area (Å²) in [6.07, 6.45) is 2.51. The SMILES string of the molecule is C=C(OCC)C(C)(C)Oc1ccc2c(c1)CCCC2=O. The maximum Gasteiger partial charge on any atom is 0.163 e. The number of hydrogen-bond donors (Lipinski definition) is 0. The summed E-state index contributed by atoms with van der Waals surface area (Å²) in [4.78, 5) is 11.8. The van der Waals surface area contributed by atoms with Gasteiger partial charge in [0.1, 0.15) is 11.5 Å². The molecule has 1 aliphatic rings. The van der Waals surface area contributed by atoms with E-state index in [0.717, 1.165) is 29.7 Å². The molecule has 0 spiro atoms. The van der Waals surface area contributed by atoms with Gasteiger partial charge < -0.3 is 9.47 Å². The molecule has 0 amide bonds. The predicted octanol–water partition coefficient (Wildman–Crippen LogP) is 3.91. The summed E-state index contributed by atoms with van der Waals surface area (Å²) in [5.74, 6) is 1.59. The second-order valence-corrected chi connectivity index (χ2v) is 5.56. The lowest BCUT2D eigenvalue weighted by Crippen LogP contribution is -2.31. The highest BCUT2D eigenvalue weighted by atomic mass is 16.5. The quantitative estimate of drug-likeness (QED) is 0.764. The number of carbonyl (C=O) groups excluding carboxylic acids is 1. The van der Waals surface area contributed by atoms with Crippen molar-refractivity contribution >= 4 is 5.78 Å². The topological polar surface area (TPSA) is 35.5 Å². The van der Waals surface area contributed by atoms with Crippen LogP contribution in [0.4, 0.5) is 0 Å². The van der Waals surface area contributed by atoms with Crippen LogP contribution in [0.5, 0.6) is 5.75 Å². The lowest BCUT2D eigenvalue weighted by atomic mass is 9.90. The van der Waals surface area contributed by atoms with E-state index < -0.39 is 5.60 Å². The van der Waals surface area contributed by atoms with Crippen LogP contribution in [-0.4, -0.2) is 18.0 Å². The van der Waals surface area contributed by atoms with E-state index in [9.17, 15) is 4.79 Å². The summed E-state index contributed by atoms with van der Waals surface area (Å²) in [6.45, 7) is 10.3. The molecule has 3 heteroatoms. The first-order chi connectivity index (χ1) is 9.44. The standard InChI is InChI=1S/C17H22O3/c1-5-19-12(2)17(3,4)20-14-9-10-15-13(11-14)7-6-8-16(15)18/h9-11H,2,5-8H2,1,3-4H3. The van der Waals surface area contributed by atoms with Crippen molar-refractivity contribution in [1.29, 1.82) is 0 Å². The third-order valence-electron chi connectivity index (χ3n) is 3.59. The summed E-state index contributed by atoms with van der Waals surface area (Å²) in [7, 11) is 0. The fraction of sp³-hybridized carbons (Fsp3) is 0.471. The molecule has 1 aromatic rings. The predicted molar refractivity (Wildman–Crippen MR) is 79.2 cm³/mol. The van der Waals surface area contributed by atoms with Crippen LogP contribution in [0, 0.1) is 0 Å². The van der Waals surface area contributed by atoms with Crippen molar-refractivity contribution in [3.63, 3.8) is 0 Å². The first-order valence-electron chi connectivity index (χ1n) is 7.11. The normalized spacial score (nSPS) is 14.7. The molecule has 0 radical (unpaired) electrons. The molecule has 0 saturated carbocycles. The molecular weight excluding hydrogens is 252 g/mol. The Morgan fingerprint density at radius 3 is 2.80 bits per heavy atom. The molecule has 0 aromatic heterocycles. The van der Waals surface area contributed by atoms with Crippen LogP contribution in [0.3, 0.4) is 0 Å². The van der Waals surface area contributed by atoms with Gasteiger partial charge in [-0.3, -0.25) is 4.79 Å². The van der Waals surface area contributed by atoms with Gasteiger partial charge in [0.2, 0.25) is 0 Å². The number of rotatable bonds is 5. The number of ketones is 1. The molecule has 108 valence electrons. The second kappa shape index (κ2) is 5.70. The Balaban J connectivity index is 2.18. The minimum atomic E-state index is -0.594. The van der Waals surface area contributed by atoms with Gasteiger partial charge in [0.05, 0.1) is 6.61 Å². The van der Waals surface area contributed by atoms with Gasteiger partial charge in [-0.25, -0.2) is 0 Å². The van der Waals surface area contributed by atoms with E-state index in [0.29, 0.717) is 18.8 Å². The summed E-state index contributed by atoms with van der Waals surface area (Å²) >= 11 is 0. The van der Waals surface area contributed by atoms with Gasteiger partial charge in [0, 0.05) is 12.0 Å². The molecule has 1 aromatic carbocycles. The molecule has 0 bridgehead atoms. The second-order valence-electron chi connectivity index (χ2n) is 5.56. The first kappa shape index (κ1) is 14.6. The smallest absolute Gasteiger partial charge is 0.163 e. The van der Waals surface area contributed by atoms with Crippen LogP contribution >= 0.6 is 0 Å². The lowest BCUT2D eigenvalue weighted by molar-refractivity contribution is 0.0642. The Bertz CT molecular complexity index is 529. The lowest BCUT2D eigenvalue weighted by Gasteiger charge is -2.28. The monoisotopic (exact) mass is 274 g/mol. The van der Waals surface area contributed by atoms with Crippen molar-refractivity contribution in [2.75, 3.05) is 6.61 Å². The largest absolute Gasteiger partial charge is 0.495 e. The Kier molecular flexibility index (Phi) is 4.17. The molecule has 1 aliphatic carbocycles. The van der Waals surface area contributed by atoms with Crippen molar-refractivity contribution in [3.8, 4) is 5.75 Å². The highest BCUT2D eigenvalue weighted by molar-refractivity contribution is 5.98. The number of fused-ring (bicyclic) bond motifs is 1. The Hall–Kier alpha value is -1.77. The van der Waals surface area contributed by atoms with Gasteiger partial charge in [-0.05, 0) is 57.4 Å². The Labute approximate surface area is 120 Å². The van der Waals surface area contributed by atoms with Crippen LogP contribution in [-0.2, 0) is 11.2 Å². The van der Waals surface area contributed by atoms with Gasteiger partial charge >= 0.3 is 0 Å². The van der Waals surface area contributed by atoms with Crippen molar-refractivity contribution < 1.29 is 14.3 Å². The van der Waals surface area contributed by atoms with Crippen LogP contribution in [0.15, 0.2) is 30.5 Å². The number of carbonyl (C=O) groups is 1. The zero-order valence-corrected chi connectivity index (χ0v) is 12.5. The van der Waals surface area contributed by atoms with Gasteiger partial charge in [0.15, 0.2) is 11.4 Å². The van der Waals surface area contributed by atoms with Gasteiger partial charge in [-0.15, -0.1) is 0 Å². The molecule has 2 rings (SSSR count). The maximum absolute atomic E-state index is 11.8. The summed E-state index contributed by atoms with van der Waals surface area (Å²) in [5, 5.41) is 0. The molecule has 0 heterocycles. The molecule has 0 unspecified atom stereocenters. The molecule has 0 fully saturated rings. The highest BCUT2D eigenvalue weighted by Gasteiger charge is 2.26. The van der Waals surface area contributed by atoms with E-state index in [4.69, 9.17) is 9.47 Å². The third kappa shape index (κ3) is 3.03. The molecular formula is C17H22O3. The summed E-state index contributed by atoms with van der Waals surface area (Å²) < 4.78 is 11.4. The molecule has 0 atom stereocenters. The number of ether oxygens (including phenoxy) is 2. The van der Waals surface area contributed by atoms with Crippen LogP contribution in [0.1, 0.15) is 49.5 Å². The van der Waals surface area contributed by atoms with Crippen molar-refractivity contribution in [3.05, 3.63) is 41.7 Å². The fourth-order valence-electron chi connectivity index (χ4n) is 2.39. The summed E-state index contributed by atoms with van der Waals surface area (Å²) in [6, 6.07) is 5.68. The van der Waals surface area contributed by atoms with Crippen molar-refractivity contribution in [2.45, 2.75) is 45.6 Å². The molecule has 0 saturated heterocycles. The average Bonchev–Trinajstić information content (AvgIpc) is 2.38. The number of aryl methyl sites for hydroxylation is 1. The van der Waals surface area contributed by atoms with E-state index in [1.165, 1.54) is 0 Å². The van der Waals surface area contributed by atoms with Gasteiger partial charge in [-0.1, -0.05) is 6.58 Å². The molecule has 3 nitrogen and oxygen atoms in total. The fourth-order valence-corrected chi connectivity index (χ4v) is 2.39. The van der Waals surface area contributed by atoms with Crippen LogP contribution in [0.25, 0.3) is 0 Å². The van der Waals surface area contributed by atoms with Crippen LogP contribution < -0.4 is 4.74 Å². The number of benzene rings is 1. The van der Waals surface area contributed by atoms with Gasteiger partial charge in [0.25, 0.3) is 0 Å². The van der Waals surface area contributed by atoms with Crippen molar-refractivity contribution in [2.24, 2.45) is 0 Å². The minimum absolute atomic E-state index is 0.232. The maximum atomic E-state index is 11.8. The summed E-state index contributed by atoms with van der Waals surface area (Å²) in [5.41, 5.74) is 1.32. The third-order valence-corrected chi connectivity index (χ3v) is 3.59. The zero-order chi connectivity index (χ0) is 14.8. The molecule has 20 heavy (non-hydrogen) atoms. The van der Waals surface area contributed by atoms with E-state index in [1.54, 1.807) is 0 Å². The van der Waals surface area contributed by atoms with E-state index in [2.05, 4.69) is 6.58 Å². The van der Waals surface area contributed by atoms with E-state index in [-0.39, 0.29) is 5.78 Å². The first-order valence-corrected chi connectivity index (χ1v) is 7.11. The molecule has 0 aliphatic heterocycles. The average molecular weight is 274 g/mol. The zero-order valence-electron chi connectivity index (χ0n) is 12.5.